The van der Waals surface area contributed by atoms with E-state index in [0.717, 1.165) is 53.8 Å². The zero-order valence-corrected chi connectivity index (χ0v) is 17.8. The summed E-state index contributed by atoms with van der Waals surface area (Å²) in [5, 5.41) is 10.9. The first-order valence-electron chi connectivity index (χ1n) is 11.2. The van der Waals surface area contributed by atoms with Crippen LogP contribution >= 0.6 is 0 Å². The van der Waals surface area contributed by atoms with Crippen LogP contribution in [0, 0.1) is 0 Å². The standard InChI is InChI=1S/C24H29N5O2/c1-2-4-10-29(9-3-1)23-8-5-18(15-26-23)14-25-16-20-17-27-28-24(20)19-6-7-21-22(13-19)31-12-11-30-21/h5-8,13,15,17,25H,1-4,9-12,14,16H2,(H,27,28). The van der Waals surface area contributed by atoms with Crippen molar-refractivity contribution in [1.29, 1.82) is 0 Å². The minimum atomic E-state index is 0.582. The molecule has 3 aromatic rings. The molecule has 1 saturated heterocycles. The zero-order valence-electron chi connectivity index (χ0n) is 17.8. The Kier molecular flexibility index (Phi) is 6.02. The van der Waals surface area contributed by atoms with Crippen molar-refractivity contribution in [2.24, 2.45) is 0 Å². The summed E-state index contributed by atoms with van der Waals surface area (Å²) in [6.45, 7) is 4.90. The number of nitrogens with zero attached hydrogens (tertiary/aromatic N) is 3. The van der Waals surface area contributed by atoms with Crippen LogP contribution in [0.15, 0.2) is 42.7 Å². The van der Waals surface area contributed by atoms with Crippen molar-refractivity contribution in [3.05, 3.63) is 53.9 Å². The number of rotatable bonds is 6. The van der Waals surface area contributed by atoms with E-state index < -0.39 is 0 Å². The SMILES string of the molecule is c1cc(N2CCCCCC2)ncc1CNCc1cn[nH]c1-c1ccc2c(c1)OCCO2. The zero-order chi connectivity index (χ0) is 20.9. The van der Waals surface area contributed by atoms with Crippen molar-refractivity contribution >= 4 is 5.82 Å². The molecule has 2 aliphatic rings. The molecule has 2 N–H and O–H groups in total. The summed E-state index contributed by atoms with van der Waals surface area (Å²) in [6.07, 6.45) is 9.06. The molecule has 162 valence electrons. The van der Waals surface area contributed by atoms with Gasteiger partial charge in [-0.15, -0.1) is 0 Å². The van der Waals surface area contributed by atoms with Crippen LogP contribution in [-0.2, 0) is 13.1 Å². The Hall–Kier alpha value is -3.06. The molecule has 1 fully saturated rings. The lowest BCUT2D eigenvalue weighted by Gasteiger charge is -2.21. The van der Waals surface area contributed by atoms with Crippen LogP contribution in [0.4, 0.5) is 5.82 Å². The fraction of sp³-hybridized carbons (Fsp3) is 0.417. The van der Waals surface area contributed by atoms with Crippen molar-refractivity contribution in [2.75, 3.05) is 31.2 Å². The van der Waals surface area contributed by atoms with E-state index in [-0.39, 0.29) is 0 Å². The van der Waals surface area contributed by atoms with Crippen LogP contribution in [0.3, 0.4) is 0 Å². The third-order valence-corrected chi connectivity index (χ3v) is 5.93. The summed E-state index contributed by atoms with van der Waals surface area (Å²) >= 11 is 0. The van der Waals surface area contributed by atoms with Crippen molar-refractivity contribution < 1.29 is 9.47 Å². The largest absolute Gasteiger partial charge is 0.486 e. The maximum atomic E-state index is 5.72. The smallest absolute Gasteiger partial charge is 0.162 e. The van der Waals surface area contributed by atoms with Crippen molar-refractivity contribution in [2.45, 2.75) is 38.8 Å². The molecule has 4 heterocycles. The van der Waals surface area contributed by atoms with Gasteiger partial charge < -0.3 is 19.7 Å². The average molecular weight is 420 g/mol. The molecule has 7 heteroatoms. The van der Waals surface area contributed by atoms with E-state index in [2.05, 4.69) is 32.5 Å². The molecule has 0 atom stereocenters. The predicted octanol–water partition coefficient (Wildman–Crippen LogP) is 3.91. The van der Waals surface area contributed by atoms with Crippen LogP contribution in [0.5, 0.6) is 11.5 Å². The van der Waals surface area contributed by atoms with Gasteiger partial charge in [0.05, 0.1) is 11.9 Å². The predicted molar refractivity (Wildman–Crippen MR) is 120 cm³/mol. The Bertz CT molecular complexity index is 993. The number of fused-ring (bicyclic) bond motifs is 1. The number of nitrogens with one attached hydrogen (secondary N) is 2. The number of H-pyrrole nitrogens is 1. The highest BCUT2D eigenvalue weighted by Crippen LogP contribution is 2.34. The van der Waals surface area contributed by atoms with E-state index in [0.29, 0.717) is 19.8 Å². The number of ether oxygens (including phenoxy) is 2. The Labute approximate surface area is 182 Å². The summed E-state index contributed by atoms with van der Waals surface area (Å²) < 4.78 is 11.3. The molecule has 0 saturated carbocycles. The quantitative estimate of drug-likeness (QED) is 0.631. The number of hydrogen-bond donors (Lipinski definition) is 2. The second-order valence-electron chi connectivity index (χ2n) is 8.16. The molecule has 5 rings (SSSR count). The van der Waals surface area contributed by atoms with Crippen molar-refractivity contribution in [3.63, 3.8) is 0 Å². The maximum absolute atomic E-state index is 5.72. The lowest BCUT2D eigenvalue weighted by Crippen LogP contribution is -2.24. The van der Waals surface area contributed by atoms with Gasteiger partial charge in [-0.25, -0.2) is 4.98 Å². The van der Waals surface area contributed by atoms with Gasteiger partial charge in [-0.2, -0.15) is 5.10 Å². The molecule has 0 amide bonds. The Morgan fingerprint density at radius 3 is 2.55 bits per heavy atom. The lowest BCUT2D eigenvalue weighted by molar-refractivity contribution is 0.171. The van der Waals surface area contributed by atoms with Crippen LogP contribution in [0.2, 0.25) is 0 Å². The summed E-state index contributed by atoms with van der Waals surface area (Å²) in [5.74, 6) is 2.68. The van der Waals surface area contributed by atoms with Crippen LogP contribution in [0.25, 0.3) is 11.3 Å². The molecule has 0 aliphatic carbocycles. The molecule has 2 aromatic heterocycles. The number of benzene rings is 1. The fourth-order valence-electron chi connectivity index (χ4n) is 4.24. The van der Waals surface area contributed by atoms with Gasteiger partial charge in [-0.1, -0.05) is 18.9 Å². The van der Waals surface area contributed by atoms with Gasteiger partial charge in [-0.3, -0.25) is 5.10 Å². The molecule has 7 nitrogen and oxygen atoms in total. The topological polar surface area (TPSA) is 75.3 Å². The summed E-state index contributed by atoms with van der Waals surface area (Å²) in [4.78, 5) is 7.12. The van der Waals surface area contributed by atoms with E-state index in [1.54, 1.807) is 0 Å². The van der Waals surface area contributed by atoms with Gasteiger partial charge in [0.1, 0.15) is 19.0 Å². The molecule has 0 spiro atoms. The minimum Gasteiger partial charge on any atom is -0.486 e. The molecule has 2 aliphatic heterocycles. The number of aromatic nitrogens is 3. The fourth-order valence-corrected chi connectivity index (χ4v) is 4.24. The molecule has 0 radical (unpaired) electrons. The Morgan fingerprint density at radius 2 is 1.74 bits per heavy atom. The van der Waals surface area contributed by atoms with Crippen molar-refractivity contribution in [3.8, 4) is 22.8 Å². The molecular formula is C24H29N5O2. The van der Waals surface area contributed by atoms with Crippen LogP contribution < -0.4 is 19.7 Å². The van der Waals surface area contributed by atoms with E-state index in [1.165, 1.54) is 31.2 Å². The minimum absolute atomic E-state index is 0.582. The van der Waals surface area contributed by atoms with Gasteiger partial charge in [0.2, 0.25) is 0 Å². The molecular weight excluding hydrogens is 390 g/mol. The summed E-state index contributed by atoms with van der Waals surface area (Å²) in [6, 6.07) is 10.3. The average Bonchev–Trinajstić information content (AvgIpc) is 3.11. The van der Waals surface area contributed by atoms with E-state index in [1.807, 2.05) is 30.6 Å². The monoisotopic (exact) mass is 419 g/mol. The maximum Gasteiger partial charge on any atom is 0.162 e. The third kappa shape index (κ3) is 4.66. The normalized spacial score (nSPS) is 16.2. The first kappa shape index (κ1) is 19.9. The highest BCUT2D eigenvalue weighted by atomic mass is 16.6. The molecule has 31 heavy (non-hydrogen) atoms. The molecule has 0 bridgehead atoms. The number of aromatic amines is 1. The van der Waals surface area contributed by atoms with E-state index in [9.17, 15) is 0 Å². The highest BCUT2D eigenvalue weighted by molar-refractivity contribution is 5.66. The van der Waals surface area contributed by atoms with E-state index >= 15 is 0 Å². The number of anilines is 1. The number of pyridine rings is 1. The summed E-state index contributed by atoms with van der Waals surface area (Å²) in [7, 11) is 0. The molecule has 1 aromatic carbocycles. The van der Waals surface area contributed by atoms with Crippen LogP contribution in [-0.4, -0.2) is 41.5 Å². The van der Waals surface area contributed by atoms with Gasteiger partial charge in [0, 0.05) is 43.5 Å². The first-order valence-corrected chi connectivity index (χ1v) is 11.2. The van der Waals surface area contributed by atoms with E-state index in [4.69, 9.17) is 14.5 Å². The second-order valence-corrected chi connectivity index (χ2v) is 8.16. The second kappa shape index (κ2) is 9.39. The van der Waals surface area contributed by atoms with Gasteiger partial charge in [0.25, 0.3) is 0 Å². The van der Waals surface area contributed by atoms with Gasteiger partial charge in [0.15, 0.2) is 11.5 Å². The van der Waals surface area contributed by atoms with Gasteiger partial charge in [-0.05, 0) is 42.7 Å². The van der Waals surface area contributed by atoms with Crippen molar-refractivity contribution in [1.82, 2.24) is 20.5 Å². The Balaban J connectivity index is 1.19. The lowest BCUT2D eigenvalue weighted by atomic mass is 10.1. The number of hydrogen-bond acceptors (Lipinski definition) is 6. The van der Waals surface area contributed by atoms with Gasteiger partial charge >= 0.3 is 0 Å². The highest BCUT2D eigenvalue weighted by Gasteiger charge is 2.15. The third-order valence-electron chi connectivity index (χ3n) is 5.93. The first-order chi connectivity index (χ1) is 15.4. The molecule has 0 unspecified atom stereocenters. The summed E-state index contributed by atoms with van der Waals surface area (Å²) in [5.41, 5.74) is 4.34. The Morgan fingerprint density at radius 1 is 0.903 bits per heavy atom. The van der Waals surface area contributed by atoms with Crippen LogP contribution in [0.1, 0.15) is 36.8 Å².